The second-order valence-corrected chi connectivity index (χ2v) is 0. The third-order valence-electron chi connectivity index (χ3n) is 0. The van der Waals surface area contributed by atoms with Crippen LogP contribution in [0.5, 0.6) is 0 Å². The van der Waals surface area contributed by atoms with E-state index in [2.05, 4.69) is 0 Å². The van der Waals surface area contributed by atoms with E-state index in [1.54, 1.807) is 0 Å². The van der Waals surface area contributed by atoms with E-state index in [0.717, 1.165) is 0 Å². The zero-order chi connectivity index (χ0) is 2.00. The third kappa shape index (κ3) is 164. The van der Waals surface area contributed by atoms with Crippen LogP contribution in [-0.4, -0.2) is 24.7 Å². The van der Waals surface area contributed by atoms with Crippen LogP contribution in [0.3, 0.4) is 0 Å². The van der Waals surface area contributed by atoms with Gasteiger partial charge in [0.1, 0.15) is 0 Å². The predicted octanol–water partition coefficient (Wildman–Crippen LogP) is -1.10. The van der Waals surface area contributed by atoms with Gasteiger partial charge in [-0.3, -0.25) is 0 Å². The van der Waals surface area contributed by atoms with Gasteiger partial charge < -0.3 is 27.4 Å². The third-order valence-corrected chi connectivity index (χ3v) is 0. The van der Waals surface area contributed by atoms with Crippen LogP contribution in [0.4, 0.5) is 0 Å². The minimum atomic E-state index is 0. The summed E-state index contributed by atoms with van der Waals surface area (Å²) in [6.45, 7) is 0. The second kappa shape index (κ2) is 208. The summed E-state index contributed by atoms with van der Waals surface area (Å²) in [5, 5.41) is 0. The van der Waals surface area contributed by atoms with Gasteiger partial charge in [-0.25, -0.2) is 0 Å². The van der Waals surface area contributed by atoms with E-state index in [0.29, 0.717) is 0 Å². The van der Waals surface area contributed by atoms with Gasteiger partial charge in [-0.1, -0.05) is 0 Å². The van der Waals surface area contributed by atoms with Gasteiger partial charge in [0.25, 0.3) is 0 Å². The molecular formula is BiNb2O6. The Hall–Kier alpha value is 1.96. The summed E-state index contributed by atoms with van der Waals surface area (Å²) in [5.41, 5.74) is 0. The molecule has 0 spiro atoms. The Balaban J connectivity index is -0.000000000238. The molecule has 0 aromatic carbocycles. The van der Waals surface area contributed by atoms with E-state index in [4.69, 9.17) is 2.81 Å². The molecule has 0 aromatic heterocycles. The molecule has 0 N–H and O–H groups in total. The quantitative estimate of drug-likeness (QED) is 0.388. The normalized spacial score (nSPS) is 0.444. The number of rotatable bonds is 0. The van der Waals surface area contributed by atoms with Crippen LogP contribution in [0.25, 0.3) is 0 Å². The molecule has 0 aliphatic carbocycles. The van der Waals surface area contributed by atoms with Crippen molar-refractivity contribution in [3.63, 3.8) is 0 Å². The Kier molecular flexibility index (Phi) is 2860. The maximum absolute atomic E-state index is 8.36. The van der Waals surface area contributed by atoms with Gasteiger partial charge in [-0.15, -0.1) is 0 Å². The van der Waals surface area contributed by atoms with Crippen LogP contribution < -0.4 is 0 Å². The Morgan fingerprint density at radius 3 is 0.556 bits per heavy atom. The standard InChI is InChI=1S/Bi.2Nb.6O/q;2*+5;;5*-2. The molecule has 0 atom stereocenters. The molecule has 0 aromatic rings. The molecule has 0 heterocycles. The van der Waals surface area contributed by atoms with E-state index in [9.17, 15) is 0 Å². The van der Waals surface area contributed by atoms with Crippen molar-refractivity contribution < 1.29 is 75.0 Å². The molecule has 0 aliphatic heterocycles. The van der Waals surface area contributed by atoms with Gasteiger partial charge in [-0.05, 0) is 0 Å². The Morgan fingerprint density at radius 2 is 0.556 bits per heavy atom. The first-order valence-corrected chi connectivity index (χ1v) is 1.60. The SMILES string of the molecule is [Nb+5].[Nb+5].[O-2].[O-2].[O-2].[O-2].[O-2].[O]=[Bi]. The van der Waals surface area contributed by atoms with Gasteiger partial charge >= 0.3 is 72.3 Å². The first-order chi connectivity index (χ1) is 1.00. The van der Waals surface area contributed by atoms with Crippen LogP contribution in [0.2, 0.25) is 0 Å². The molecule has 0 aliphatic rings. The summed E-state index contributed by atoms with van der Waals surface area (Å²) >= 11 is 0.194. The van der Waals surface area contributed by atoms with Crippen LogP contribution in [-0.2, 0) is 75.0 Å². The van der Waals surface area contributed by atoms with Crippen LogP contribution in [0.15, 0.2) is 0 Å². The van der Waals surface area contributed by atoms with Crippen molar-refractivity contribution in [2.45, 2.75) is 0 Å². The summed E-state index contributed by atoms with van der Waals surface area (Å²) < 4.78 is 8.36. The molecule has 0 fully saturated rings. The molecular weight excluding hydrogens is 491 g/mol. The van der Waals surface area contributed by atoms with Gasteiger partial charge in [0, 0.05) is 0 Å². The molecule has 0 amide bonds. The van der Waals surface area contributed by atoms with Crippen molar-refractivity contribution in [1.82, 2.24) is 0 Å². The maximum atomic E-state index is 8.36. The summed E-state index contributed by atoms with van der Waals surface area (Å²) in [5.74, 6) is 0. The molecule has 9 heteroatoms. The first kappa shape index (κ1) is 124. The molecule has 6 nitrogen and oxygen atoms in total. The van der Waals surface area contributed by atoms with Crippen molar-refractivity contribution >= 4 is 24.7 Å². The fourth-order valence-corrected chi connectivity index (χ4v) is 0. The molecule has 0 unspecified atom stereocenters. The zero-order valence-electron chi connectivity index (χ0n) is 3.79. The molecule has 51 valence electrons. The van der Waals surface area contributed by atoms with Gasteiger partial charge in [0.2, 0.25) is 0 Å². The van der Waals surface area contributed by atoms with Crippen molar-refractivity contribution in [2.24, 2.45) is 0 Å². The second-order valence-electron chi connectivity index (χ2n) is 0. The van der Waals surface area contributed by atoms with Crippen molar-refractivity contribution in [1.29, 1.82) is 0 Å². The fourth-order valence-electron chi connectivity index (χ4n) is 0. The monoisotopic (exact) mass is 491 g/mol. The summed E-state index contributed by atoms with van der Waals surface area (Å²) in [7, 11) is 0. The van der Waals surface area contributed by atoms with E-state index in [1.807, 2.05) is 0 Å². The summed E-state index contributed by atoms with van der Waals surface area (Å²) in [6.07, 6.45) is 0. The fraction of sp³-hybridized carbons (Fsp3) is 0. The molecule has 0 rings (SSSR count). The Labute approximate surface area is 98.6 Å². The van der Waals surface area contributed by atoms with Gasteiger partial charge in [0.15, 0.2) is 0 Å². The molecule has 0 saturated carbocycles. The average molecular weight is 491 g/mol. The van der Waals surface area contributed by atoms with Crippen molar-refractivity contribution in [2.75, 3.05) is 0 Å². The number of hydrogen-bond acceptors (Lipinski definition) is 1. The Bertz CT molecular complexity index is 11.0. The van der Waals surface area contributed by atoms with Crippen LogP contribution in [0, 0.1) is 0 Å². The van der Waals surface area contributed by atoms with Crippen LogP contribution >= 0.6 is 0 Å². The van der Waals surface area contributed by atoms with Gasteiger partial charge in [0.05, 0.1) is 0 Å². The van der Waals surface area contributed by atoms with Gasteiger partial charge in [-0.2, -0.15) is 0 Å². The summed E-state index contributed by atoms with van der Waals surface area (Å²) in [6, 6.07) is 0. The molecule has 1 radical (unpaired) electrons. The number of hydrogen-bond donors (Lipinski definition) is 0. The van der Waals surface area contributed by atoms with Crippen LogP contribution in [0.1, 0.15) is 0 Å². The average Bonchev–Trinajstić information content (AvgIpc) is 1.00. The first-order valence-electron chi connectivity index (χ1n) is 0.183. The van der Waals surface area contributed by atoms with E-state index in [-0.39, 0.29) is 96.9 Å². The van der Waals surface area contributed by atoms with E-state index < -0.39 is 0 Å². The van der Waals surface area contributed by atoms with Crippen molar-refractivity contribution in [3.05, 3.63) is 0 Å². The zero-order valence-corrected chi connectivity index (χ0v) is 11.7. The molecule has 9 heavy (non-hydrogen) atoms. The van der Waals surface area contributed by atoms with Crippen molar-refractivity contribution in [3.8, 4) is 0 Å². The predicted molar refractivity (Wildman–Crippen MR) is 9.87 cm³/mol. The van der Waals surface area contributed by atoms with E-state index >= 15 is 0 Å². The minimum absolute atomic E-state index is 0. The topological polar surface area (TPSA) is 160 Å². The van der Waals surface area contributed by atoms with E-state index in [1.165, 1.54) is 0 Å². The molecule has 0 bridgehead atoms. The summed E-state index contributed by atoms with van der Waals surface area (Å²) in [4.78, 5) is 0. The molecule has 0 saturated heterocycles. The Morgan fingerprint density at radius 1 is 0.556 bits per heavy atom.